The second-order valence-corrected chi connectivity index (χ2v) is 4.66. The van der Waals surface area contributed by atoms with Gasteiger partial charge in [0.2, 0.25) is 0 Å². The molecule has 2 aromatic rings. The fourth-order valence-corrected chi connectivity index (χ4v) is 2.10. The van der Waals surface area contributed by atoms with Crippen LogP contribution in [0.25, 0.3) is 11.3 Å². The standard InChI is InChI=1S/C14H13N3O3/c1-8-14(19)15-12-5-9(3-4-13(12)20-8)11-6-10(7-18)17(2)16-11/h3-8H,1-2H3,(H,15,19). The molecule has 1 aliphatic rings. The average molecular weight is 271 g/mol. The Morgan fingerprint density at radius 2 is 2.20 bits per heavy atom. The number of hydrogen-bond acceptors (Lipinski definition) is 4. The summed E-state index contributed by atoms with van der Waals surface area (Å²) < 4.78 is 7.00. The van der Waals surface area contributed by atoms with Gasteiger partial charge in [-0.15, -0.1) is 0 Å². The van der Waals surface area contributed by atoms with Crippen molar-refractivity contribution in [3.63, 3.8) is 0 Å². The molecule has 0 fully saturated rings. The largest absolute Gasteiger partial charge is 0.479 e. The minimum atomic E-state index is -0.495. The van der Waals surface area contributed by atoms with Crippen LogP contribution in [-0.4, -0.2) is 28.1 Å². The van der Waals surface area contributed by atoms with Gasteiger partial charge in [0, 0.05) is 12.6 Å². The summed E-state index contributed by atoms with van der Waals surface area (Å²) in [7, 11) is 1.71. The Hall–Kier alpha value is -2.63. The summed E-state index contributed by atoms with van der Waals surface area (Å²) >= 11 is 0. The zero-order chi connectivity index (χ0) is 14.3. The molecule has 2 heterocycles. The van der Waals surface area contributed by atoms with Crippen molar-refractivity contribution < 1.29 is 14.3 Å². The van der Waals surface area contributed by atoms with Crippen LogP contribution in [0.15, 0.2) is 24.3 Å². The minimum absolute atomic E-state index is 0.177. The van der Waals surface area contributed by atoms with Crippen molar-refractivity contribution in [3.8, 4) is 17.0 Å². The molecule has 0 saturated carbocycles. The Morgan fingerprint density at radius 3 is 2.90 bits per heavy atom. The predicted octanol–water partition coefficient (Wildman–Crippen LogP) is 1.62. The molecule has 0 aliphatic carbocycles. The summed E-state index contributed by atoms with van der Waals surface area (Å²) in [6.07, 6.45) is 0.256. The number of aromatic nitrogens is 2. The summed E-state index contributed by atoms with van der Waals surface area (Å²) in [6, 6.07) is 7.12. The highest BCUT2D eigenvalue weighted by atomic mass is 16.5. The topological polar surface area (TPSA) is 73.2 Å². The van der Waals surface area contributed by atoms with Crippen LogP contribution in [0.4, 0.5) is 5.69 Å². The van der Waals surface area contributed by atoms with Crippen LogP contribution in [0, 0.1) is 0 Å². The fourth-order valence-electron chi connectivity index (χ4n) is 2.10. The molecule has 1 aromatic carbocycles. The van der Waals surface area contributed by atoms with E-state index in [0.29, 0.717) is 22.8 Å². The van der Waals surface area contributed by atoms with Gasteiger partial charge in [0.05, 0.1) is 11.4 Å². The van der Waals surface area contributed by atoms with E-state index in [0.717, 1.165) is 11.8 Å². The number of aldehydes is 1. The van der Waals surface area contributed by atoms with Crippen molar-refractivity contribution in [2.75, 3.05) is 5.32 Å². The summed E-state index contributed by atoms with van der Waals surface area (Å²) in [5.41, 5.74) is 2.59. The number of carbonyl (C=O) groups is 2. The van der Waals surface area contributed by atoms with E-state index in [-0.39, 0.29) is 5.91 Å². The monoisotopic (exact) mass is 271 g/mol. The van der Waals surface area contributed by atoms with Gasteiger partial charge in [-0.05, 0) is 31.2 Å². The highest BCUT2D eigenvalue weighted by Gasteiger charge is 2.23. The lowest BCUT2D eigenvalue weighted by Gasteiger charge is -2.23. The van der Waals surface area contributed by atoms with Gasteiger partial charge in [-0.25, -0.2) is 0 Å². The molecule has 20 heavy (non-hydrogen) atoms. The number of nitrogens with zero attached hydrogens (tertiary/aromatic N) is 2. The normalized spacial score (nSPS) is 17.1. The number of benzene rings is 1. The molecule has 6 nitrogen and oxygen atoms in total. The number of amides is 1. The molecule has 6 heteroatoms. The van der Waals surface area contributed by atoms with E-state index in [1.165, 1.54) is 4.68 Å². The molecule has 1 aromatic heterocycles. The maximum absolute atomic E-state index is 11.6. The first-order valence-electron chi connectivity index (χ1n) is 6.19. The lowest BCUT2D eigenvalue weighted by atomic mass is 10.1. The van der Waals surface area contributed by atoms with Crippen molar-refractivity contribution in [1.29, 1.82) is 0 Å². The minimum Gasteiger partial charge on any atom is -0.479 e. The van der Waals surface area contributed by atoms with Crippen LogP contribution in [0.1, 0.15) is 17.4 Å². The number of nitrogens with one attached hydrogen (secondary N) is 1. The predicted molar refractivity (Wildman–Crippen MR) is 72.8 cm³/mol. The van der Waals surface area contributed by atoms with Crippen LogP contribution < -0.4 is 10.1 Å². The average Bonchev–Trinajstić information content (AvgIpc) is 2.81. The molecule has 102 valence electrons. The molecule has 0 radical (unpaired) electrons. The molecule has 1 aliphatic heterocycles. The van der Waals surface area contributed by atoms with E-state index in [1.54, 1.807) is 32.2 Å². The van der Waals surface area contributed by atoms with E-state index in [2.05, 4.69) is 10.4 Å². The molecule has 0 bridgehead atoms. The number of rotatable bonds is 2. The second kappa shape index (κ2) is 4.48. The third-order valence-corrected chi connectivity index (χ3v) is 3.24. The van der Waals surface area contributed by atoms with Gasteiger partial charge in [0.25, 0.3) is 5.91 Å². The summed E-state index contributed by atoms with van der Waals surface area (Å²) in [6.45, 7) is 1.70. The molecule has 3 rings (SSSR count). The van der Waals surface area contributed by atoms with Gasteiger partial charge >= 0.3 is 0 Å². The molecule has 1 unspecified atom stereocenters. The van der Waals surface area contributed by atoms with Crippen LogP contribution in [0.3, 0.4) is 0 Å². The van der Waals surface area contributed by atoms with Crippen molar-refractivity contribution in [2.45, 2.75) is 13.0 Å². The first-order valence-corrected chi connectivity index (χ1v) is 6.19. The highest BCUT2D eigenvalue weighted by molar-refractivity contribution is 5.98. The lowest BCUT2D eigenvalue weighted by Crippen LogP contribution is -2.34. The number of hydrogen-bond donors (Lipinski definition) is 1. The Kier molecular flexibility index (Phi) is 2.78. The highest BCUT2D eigenvalue weighted by Crippen LogP contribution is 2.33. The molecular weight excluding hydrogens is 258 g/mol. The summed E-state index contributed by atoms with van der Waals surface area (Å²) in [5, 5.41) is 7.05. The number of carbonyl (C=O) groups excluding carboxylic acids is 2. The first kappa shape index (κ1) is 12.4. The Balaban J connectivity index is 2.02. The Bertz CT molecular complexity index is 706. The third-order valence-electron chi connectivity index (χ3n) is 3.24. The van der Waals surface area contributed by atoms with Crippen molar-refractivity contribution in [3.05, 3.63) is 30.0 Å². The van der Waals surface area contributed by atoms with Crippen LogP contribution >= 0.6 is 0 Å². The number of ether oxygens (including phenoxy) is 1. The van der Waals surface area contributed by atoms with Gasteiger partial charge < -0.3 is 10.1 Å². The van der Waals surface area contributed by atoms with Gasteiger partial charge in [0.1, 0.15) is 11.4 Å². The Labute approximate surface area is 115 Å². The van der Waals surface area contributed by atoms with E-state index in [4.69, 9.17) is 4.74 Å². The molecular formula is C14H13N3O3. The number of fused-ring (bicyclic) bond motifs is 1. The maximum Gasteiger partial charge on any atom is 0.265 e. The summed E-state index contributed by atoms with van der Waals surface area (Å²) in [4.78, 5) is 22.5. The first-order chi connectivity index (χ1) is 9.58. The van der Waals surface area contributed by atoms with Crippen molar-refractivity contribution in [1.82, 2.24) is 9.78 Å². The van der Waals surface area contributed by atoms with E-state index in [9.17, 15) is 9.59 Å². The third kappa shape index (κ3) is 1.95. The van der Waals surface area contributed by atoms with E-state index >= 15 is 0 Å². The fraction of sp³-hybridized carbons (Fsp3) is 0.214. The van der Waals surface area contributed by atoms with Crippen molar-refractivity contribution >= 4 is 17.9 Å². The number of aryl methyl sites for hydroxylation is 1. The summed E-state index contributed by atoms with van der Waals surface area (Å²) in [5.74, 6) is 0.455. The molecule has 0 saturated heterocycles. The quantitative estimate of drug-likeness (QED) is 0.842. The van der Waals surface area contributed by atoms with Crippen LogP contribution in [0.2, 0.25) is 0 Å². The van der Waals surface area contributed by atoms with Gasteiger partial charge in [-0.1, -0.05) is 0 Å². The zero-order valence-electron chi connectivity index (χ0n) is 11.1. The second-order valence-electron chi connectivity index (χ2n) is 4.66. The lowest BCUT2D eigenvalue weighted by molar-refractivity contribution is -0.122. The molecule has 1 N–H and O–H groups in total. The van der Waals surface area contributed by atoms with Crippen LogP contribution in [0.5, 0.6) is 5.75 Å². The Morgan fingerprint density at radius 1 is 1.40 bits per heavy atom. The molecule has 0 spiro atoms. The number of anilines is 1. The molecule has 1 amide bonds. The van der Waals surface area contributed by atoms with Gasteiger partial charge in [0.15, 0.2) is 12.4 Å². The van der Waals surface area contributed by atoms with Crippen LogP contribution in [-0.2, 0) is 11.8 Å². The smallest absolute Gasteiger partial charge is 0.265 e. The SMILES string of the molecule is CC1Oc2ccc(-c3cc(C=O)n(C)n3)cc2NC1=O. The van der Waals surface area contributed by atoms with Gasteiger partial charge in [-0.2, -0.15) is 5.10 Å². The van der Waals surface area contributed by atoms with Gasteiger partial charge in [-0.3, -0.25) is 14.3 Å². The molecule has 1 atom stereocenters. The zero-order valence-corrected chi connectivity index (χ0v) is 11.1. The van der Waals surface area contributed by atoms with E-state index in [1.807, 2.05) is 6.07 Å². The van der Waals surface area contributed by atoms with E-state index < -0.39 is 6.10 Å². The van der Waals surface area contributed by atoms with Crippen molar-refractivity contribution in [2.24, 2.45) is 7.05 Å². The maximum atomic E-state index is 11.6.